The van der Waals surface area contributed by atoms with E-state index in [2.05, 4.69) is 10.2 Å². The maximum atomic E-state index is 12.1. The highest BCUT2D eigenvalue weighted by Crippen LogP contribution is 2.14. The van der Waals surface area contributed by atoms with E-state index in [4.69, 9.17) is 4.74 Å². The van der Waals surface area contributed by atoms with Crippen molar-refractivity contribution in [1.82, 2.24) is 15.1 Å². The van der Waals surface area contributed by atoms with Crippen molar-refractivity contribution in [2.24, 2.45) is 0 Å². The highest BCUT2D eigenvalue weighted by atomic mass is 32.1. The third kappa shape index (κ3) is 4.18. The van der Waals surface area contributed by atoms with Crippen LogP contribution >= 0.6 is 11.3 Å². The Morgan fingerprint density at radius 1 is 1.38 bits per heavy atom. The minimum Gasteiger partial charge on any atom is -0.377 e. The number of ether oxygens (including phenoxy) is 1. The lowest BCUT2D eigenvalue weighted by molar-refractivity contribution is 0.0561. The molecule has 0 spiro atoms. The van der Waals surface area contributed by atoms with Gasteiger partial charge in [0.05, 0.1) is 12.6 Å². The third-order valence-corrected chi connectivity index (χ3v) is 5.02. The Hall–Kier alpha value is -1.11. The summed E-state index contributed by atoms with van der Waals surface area (Å²) >= 11 is 1.67. The molecule has 2 aliphatic rings. The molecular formula is C15H23N3O2S. The van der Waals surface area contributed by atoms with Crippen LogP contribution in [0.4, 0.5) is 4.79 Å². The second kappa shape index (κ2) is 7.24. The molecule has 2 amide bonds. The van der Waals surface area contributed by atoms with Gasteiger partial charge in [0.15, 0.2) is 0 Å². The van der Waals surface area contributed by atoms with Gasteiger partial charge in [0.1, 0.15) is 0 Å². The number of nitrogens with zero attached hydrogens (tertiary/aromatic N) is 2. The number of amides is 2. The second-order valence-corrected chi connectivity index (χ2v) is 6.69. The zero-order valence-corrected chi connectivity index (χ0v) is 13.1. The Labute approximate surface area is 129 Å². The van der Waals surface area contributed by atoms with Gasteiger partial charge < -0.3 is 15.0 Å². The van der Waals surface area contributed by atoms with E-state index in [1.807, 2.05) is 22.4 Å². The molecule has 2 aliphatic heterocycles. The van der Waals surface area contributed by atoms with E-state index in [-0.39, 0.29) is 6.03 Å². The van der Waals surface area contributed by atoms with E-state index in [0.29, 0.717) is 12.6 Å². The lowest BCUT2D eigenvalue weighted by Crippen LogP contribution is -2.52. The zero-order chi connectivity index (χ0) is 14.5. The lowest BCUT2D eigenvalue weighted by atomic mass is 10.2. The minimum atomic E-state index is 0.0557. The molecule has 21 heavy (non-hydrogen) atoms. The SMILES string of the molecule is O=C(NCc1cccs1)N1CCN(CC2CCCO2)CC1. The average molecular weight is 309 g/mol. The normalized spacial score (nSPS) is 23.4. The summed E-state index contributed by atoms with van der Waals surface area (Å²) in [5.74, 6) is 0. The van der Waals surface area contributed by atoms with Gasteiger partial charge in [0, 0.05) is 44.2 Å². The van der Waals surface area contributed by atoms with Crippen molar-refractivity contribution in [1.29, 1.82) is 0 Å². The topological polar surface area (TPSA) is 44.8 Å². The van der Waals surface area contributed by atoms with Crippen molar-refractivity contribution in [3.05, 3.63) is 22.4 Å². The summed E-state index contributed by atoms with van der Waals surface area (Å²) in [5.41, 5.74) is 0. The molecule has 2 saturated heterocycles. The van der Waals surface area contributed by atoms with Gasteiger partial charge in [-0.2, -0.15) is 0 Å². The Kier molecular flexibility index (Phi) is 5.11. The van der Waals surface area contributed by atoms with Crippen LogP contribution in [0.25, 0.3) is 0 Å². The monoisotopic (exact) mass is 309 g/mol. The van der Waals surface area contributed by atoms with Gasteiger partial charge >= 0.3 is 6.03 Å². The van der Waals surface area contributed by atoms with E-state index in [1.165, 1.54) is 17.7 Å². The summed E-state index contributed by atoms with van der Waals surface area (Å²) in [4.78, 5) is 17.6. The van der Waals surface area contributed by atoms with Gasteiger partial charge in [-0.3, -0.25) is 4.90 Å². The highest BCUT2D eigenvalue weighted by molar-refractivity contribution is 7.09. The van der Waals surface area contributed by atoms with Crippen LogP contribution in [-0.4, -0.2) is 61.3 Å². The average Bonchev–Trinajstić information content (AvgIpc) is 3.19. The number of carbonyl (C=O) groups excluding carboxylic acids is 1. The van der Waals surface area contributed by atoms with Crippen LogP contribution in [-0.2, 0) is 11.3 Å². The van der Waals surface area contributed by atoms with Crippen molar-refractivity contribution < 1.29 is 9.53 Å². The number of hydrogen-bond donors (Lipinski definition) is 1. The first-order valence-electron chi connectivity index (χ1n) is 7.70. The minimum absolute atomic E-state index is 0.0557. The molecular weight excluding hydrogens is 286 g/mol. The summed E-state index contributed by atoms with van der Waals surface area (Å²) in [5, 5.41) is 5.03. The first-order chi connectivity index (χ1) is 10.3. The third-order valence-electron chi connectivity index (χ3n) is 4.14. The van der Waals surface area contributed by atoms with Crippen LogP contribution in [0.15, 0.2) is 17.5 Å². The van der Waals surface area contributed by atoms with Gasteiger partial charge in [-0.25, -0.2) is 4.79 Å². The Bertz CT molecular complexity index is 438. The lowest BCUT2D eigenvalue weighted by Gasteiger charge is -2.35. The summed E-state index contributed by atoms with van der Waals surface area (Å²) < 4.78 is 5.68. The molecule has 1 aromatic rings. The molecule has 0 aromatic carbocycles. The maximum Gasteiger partial charge on any atom is 0.317 e. The van der Waals surface area contributed by atoms with Crippen LogP contribution in [0.2, 0.25) is 0 Å². The van der Waals surface area contributed by atoms with Crippen LogP contribution < -0.4 is 5.32 Å². The van der Waals surface area contributed by atoms with Crippen LogP contribution in [0.3, 0.4) is 0 Å². The smallest absolute Gasteiger partial charge is 0.317 e. The molecule has 0 radical (unpaired) electrons. The van der Waals surface area contributed by atoms with E-state index in [9.17, 15) is 4.79 Å². The van der Waals surface area contributed by atoms with Crippen LogP contribution in [0.1, 0.15) is 17.7 Å². The van der Waals surface area contributed by atoms with E-state index >= 15 is 0 Å². The Balaban J connectivity index is 1.37. The van der Waals surface area contributed by atoms with Crippen LogP contribution in [0, 0.1) is 0 Å². The molecule has 5 nitrogen and oxygen atoms in total. The summed E-state index contributed by atoms with van der Waals surface area (Å²) in [6.45, 7) is 6.08. The quantitative estimate of drug-likeness (QED) is 0.922. The summed E-state index contributed by atoms with van der Waals surface area (Å²) in [6.07, 6.45) is 2.78. The van der Waals surface area contributed by atoms with Gasteiger partial charge in [-0.05, 0) is 24.3 Å². The first-order valence-corrected chi connectivity index (χ1v) is 8.58. The fourth-order valence-electron chi connectivity index (χ4n) is 2.90. The summed E-state index contributed by atoms with van der Waals surface area (Å²) in [6, 6.07) is 4.11. The van der Waals surface area contributed by atoms with E-state index in [0.717, 1.165) is 39.3 Å². The molecule has 3 rings (SSSR count). The number of rotatable bonds is 4. The summed E-state index contributed by atoms with van der Waals surface area (Å²) in [7, 11) is 0. The predicted molar refractivity (Wildman–Crippen MR) is 83.5 cm³/mol. The Morgan fingerprint density at radius 2 is 2.24 bits per heavy atom. The van der Waals surface area contributed by atoms with Gasteiger partial charge in [-0.1, -0.05) is 6.07 Å². The number of hydrogen-bond acceptors (Lipinski definition) is 4. The van der Waals surface area contributed by atoms with Crippen molar-refractivity contribution in [2.75, 3.05) is 39.3 Å². The molecule has 0 saturated carbocycles. The van der Waals surface area contributed by atoms with Crippen molar-refractivity contribution >= 4 is 17.4 Å². The van der Waals surface area contributed by atoms with Crippen molar-refractivity contribution in [3.63, 3.8) is 0 Å². The molecule has 1 N–H and O–H groups in total. The number of carbonyl (C=O) groups is 1. The van der Waals surface area contributed by atoms with Crippen molar-refractivity contribution in [2.45, 2.75) is 25.5 Å². The Morgan fingerprint density at radius 3 is 2.90 bits per heavy atom. The number of nitrogens with one attached hydrogen (secondary N) is 1. The molecule has 1 aromatic heterocycles. The first kappa shape index (κ1) is 14.8. The van der Waals surface area contributed by atoms with Gasteiger partial charge in [0.25, 0.3) is 0 Å². The largest absolute Gasteiger partial charge is 0.377 e. The van der Waals surface area contributed by atoms with Crippen molar-refractivity contribution in [3.8, 4) is 0 Å². The fraction of sp³-hybridized carbons (Fsp3) is 0.667. The molecule has 116 valence electrons. The number of urea groups is 1. The van der Waals surface area contributed by atoms with Gasteiger partial charge in [-0.15, -0.1) is 11.3 Å². The van der Waals surface area contributed by atoms with E-state index < -0.39 is 0 Å². The second-order valence-electron chi connectivity index (χ2n) is 5.66. The molecule has 0 bridgehead atoms. The standard InChI is InChI=1S/C15H23N3O2S/c19-15(16-11-14-4-2-10-21-14)18-7-5-17(6-8-18)12-13-3-1-9-20-13/h2,4,10,13H,1,3,5-9,11-12H2,(H,16,19). The van der Waals surface area contributed by atoms with E-state index in [1.54, 1.807) is 11.3 Å². The molecule has 0 aliphatic carbocycles. The number of thiophene rings is 1. The number of piperazine rings is 1. The molecule has 1 unspecified atom stereocenters. The molecule has 6 heteroatoms. The fourth-order valence-corrected chi connectivity index (χ4v) is 3.54. The van der Waals surface area contributed by atoms with Gasteiger partial charge in [0.2, 0.25) is 0 Å². The molecule has 3 heterocycles. The predicted octanol–water partition coefficient (Wildman–Crippen LogP) is 1.75. The zero-order valence-electron chi connectivity index (χ0n) is 12.3. The maximum absolute atomic E-state index is 12.1. The molecule has 2 fully saturated rings. The highest BCUT2D eigenvalue weighted by Gasteiger charge is 2.24. The molecule has 1 atom stereocenters. The van der Waals surface area contributed by atoms with Crippen LogP contribution in [0.5, 0.6) is 0 Å².